The first-order chi connectivity index (χ1) is 9.83. The van der Waals surface area contributed by atoms with E-state index >= 15 is 0 Å². The maximum Gasteiger partial charge on any atom is 0.00698 e. The Balaban J connectivity index is 1.66. The lowest BCUT2D eigenvalue weighted by Crippen LogP contribution is -2.33. The number of fused-ring (bicyclic) bond motifs is 2. The average molecular weight is 280 g/mol. The van der Waals surface area contributed by atoms with Gasteiger partial charge in [0, 0.05) is 6.04 Å². The van der Waals surface area contributed by atoms with Crippen molar-refractivity contribution in [2.24, 2.45) is 17.8 Å². The van der Waals surface area contributed by atoms with Gasteiger partial charge in [-0.15, -0.1) is 0 Å². The first-order valence-electron chi connectivity index (χ1n) is 9.56. The van der Waals surface area contributed by atoms with Gasteiger partial charge in [-0.25, -0.2) is 0 Å². The van der Waals surface area contributed by atoms with Crippen LogP contribution in [0.25, 0.3) is 0 Å². The molecule has 0 amide bonds. The van der Waals surface area contributed by atoms with Gasteiger partial charge in [0.05, 0.1) is 0 Å². The Morgan fingerprint density at radius 2 is 1.80 bits per heavy atom. The summed E-state index contributed by atoms with van der Waals surface area (Å²) in [6.07, 6.45) is 17.6. The molecule has 4 atom stereocenters. The summed E-state index contributed by atoms with van der Waals surface area (Å²) in [4.78, 5) is 0. The van der Waals surface area contributed by atoms with Crippen LogP contribution in [0, 0.1) is 17.8 Å². The van der Waals surface area contributed by atoms with Gasteiger partial charge >= 0.3 is 0 Å². The van der Waals surface area contributed by atoms with Gasteiger partial charge in [0.25, 0.3) is 0 Å². The summed E-state index contributed by atoms with van der Waals surface area (Å²) in [6, 6.07) is 0.820. The minimum Gasteiger partial charge on any atom is -0.314 e. The van der Waals surface area contributed by atoms with Gasteiger partial charge in [-0.3, -0.25) is 0 Å². The molecule has 118 valence electrons. The molecule has 1 heteroatoms. The Morgan fingerprint density at radius 3 is 2.45 bits per heavy atom. The van der Waals surface area contributed by atoms with E-state index in [4.69, 9.17) is 0 Å². The summed E-state index contributed by atoms with van der Waals surface area (Å²) in [6.45, 7) is 5.82. The predicted molar refractivity (Wildman–Crippen MR) is 89.0 cm³/mol. The first-order valence-corrected chi connectivity index (χ1v) is 9.56. The number of rotatable bonds is 11. The zero-order valence-electron chi connectivity index (χ0n) is 14.0. The van der Waals surface area contributed by atoms with Crippen LogP contribution in [0.15, 0.2) is 0 Å². The molecule has 0 saturated heterocycles. The molecule has 2 saturated carbocycles. The normalized spacial score (nSPS) is 30.0. The van der Waals surface area contributed by atoms with Crippen LogP contribution in [0.3, 0.4) is 0 Å². The summed E-state index contributed by atoms with van der Waals surface area (Å²) in [5.74, 6) is 3.28. The van der Waals surface area contributed by atoms with Gasteiger partial charge in [0.2, 0.25) is 0 Å². The van der Waals surface area contributed by atoms with Crippen LogP contribution in [0.1, 0.15) is 90.9 Å². The number of nitrogens with one attached hydrogen (secondary N) is 1. The van der Waals surface area contributed by atoms with Crippen molar-refractivity contribution in [3.63, 3.8) is 0 Å². The van der Waals surface area contributed by atoms with Crippen molar-refractivity contribution in [2.75, 3.05) is 6.54 Å². The Kier molecular flexibility index (Phi) is 7.41. The van der Waals surface area contributed by atoms with Crippen molar-refractivity contribution >= 4 is 0 Å². The highest BCUT2D eigenvalue weighted by atomic mass is 14.9. The third-order valence-electron chi connectivity index (χ3n) is 5.81. The zero-order chi connectivity index (χ0) is 14.2. The summed E-state index contributed by atoms with van der Waals surface area (Å²) in [7, 11) is 0. The highest BCUT2D eigenvalue weighted by Gasteiger charge is 2.39. The van der Waals surface area contributed by atoms with Gasteiger partial charge in [-0.2, -0.15) is 0 Å². The zero-order valence-corrected chi connectivity index (χ0v) is 14.0. The van der Waals surface area contributed by atoms with Crippen LogP contribution in [0.4, 0.5) is 0 Å². The average Bonchev–Trinajstić information content (AvgIpc) is 3.06. The molecule has 0 radical (unpaired) electrons. The SMILES string of the molecule is CCCCCCCC(CC1CC2CCC1C2)NCCC. The third kappa shape index (κ3) is 5.06. The van der Waals surface area contributed by atoms with Crippen LogP contribution in [-0.2, 0) is 0 Å². The Morgan fingerprint density at radius 1 is 0.950 bits per heavy atom. The fourth-order valence-electron chi connectivity index (χ4n) is 4.68. The van der Waals surface area contributed by atoms with E-state index in [9.17, 15) is 0 Å². The van der Waals surface area contributed by atoms with E-state index < -0.39 is 0 Å². The lowest BCUT2D eigenvalue weighted by atomic mass is 9.83. The molecule has 0 spiro atoms. The second kappa shape index (κ2) is 9.07. The van der Waals surface area contributed by atoms with E-state index in [1.54, 1.807) is 25.7 Å². The van der Waals surface area contributed by atoms with Crippen molar-refractivity contribution in [2.45, 2.75) is 96.9 Å². The highest BCUT2D eigenvalue weighted by Crippen LogP contribution is 2.50. The standard InChI is InChI=1S/C19H37N/c1-3-5-6-7-8-9-19(20-12-4-2)15-18-14-16-10-11-17(18)13-16/h16-20H,3-15H2,1-2H3. The molecule has 2 rings (SSSR count). The van der Waals surface area contributed by atoms with E-state index in [1.807, 2.05) is 0 Å². The lowest BCUT2D eigenvalue weighted by Gasteiger charge is -2.27. The Hall–Kier alpha value is -0.0400. The van der Waals surface area contributed by atoms with Crippen LogP contribution < -0.4 is 5.32 Å². The van der Waals surface area contributed by atoms with Crippen LogP contribution in [0.2, 0.25) is 0 Å². The smallest absolute Gasteiger partial charge is 0.00698 e. The number of hydrogen-bond donors (Lipinski definition) is 1. The maximum absolute atomic E-state index is 3.85. The third-order valence-corrected chi connectivity index (χ3v) is 5.81. The molecule has 2 aliphatic rings. The minimum atomic E-state index is 0.820. The molecule has 2 fully saturated rings. The van der Waals surface area contributed by atoms with Gasteiger partial charge in [0.1, 0.15) is 0 Å². The molecule has 2 bridgehead atoms. The molecule has 2 aliphatic carbocycles. The Bertz CT molecular complexity index is 250. The number of unbranched alkanes of at least 4 members (excludes halogenated alkanes) is 4. The second-order valence-electron chi connectivity index (χ2n) is 7.52. The van der Waals surface area contributed by atoms with Crippen molar-refractivity contribution in [1.82, 2.24) is 5.32 Å². The van der Waals surface area contributed by atoms with Gasteiger partial charge in [0.15, 0.2) is 0 Å². The van der Waals surface area contributed by atoms with E-state index in [2.05, 4.69) is 19.2 Å². The highest BCUT2D eigenvalue weighted by molar-refractivity contribution is 4.91. The van der Waals surface area contributed by atoms with Crippen molar-refractivity contribution in [3.8, 4) is 0 Å². The molecule has 4 unspecified atom stereocenters. The van der Waals surface area contributed by atoms with Crippen molar-refractivity contribution in [3.05, 3.63) is 0 Å². The van der Waals surface area contributed by atoms with Crippen molar-refractivity contribution in [1.29, 1.82) is 0 Å². The summed E-state index contributed by atoms with van der Waals surface area (Å²) < 4.78 is 0. The number of hydrogen-bond acceptors (Lipinski definition) is 1. The van der Waals surface area contributed by atoms with Gasteiger partial charge in [-0.05, 0) is 62.8 Å². The first kappa shape index (κ1) is 16.3. The molecule has 0 aromatic carbocycles. The summed E-state index contributed by atoms with van der Waals surface area (Å²) in [5, 5.41) is 3.85. The van der Waals surface area contributed by atoms with E-state index in [1.165, 1.54) is 57.9 Å². The monoisotopic (exact) mass is 279 g/mol. The van der Waals surface area contributed by atoms with Crippen molar-refractivity contribution < 1.29 is 0 Å². The molecule has 1 nitrogen and oxygen atoms in total. The maximum atomic E-state index is 3.85. The van der Waals surface area contributed by atoms with E-state index in [0.29, 0.717) is 0 Å². The predicted octanol–water partition coefficient (Wildman–Crippen LogP) is 5.54. The summed E-state index contributed by atoms with van der Waals surface area (Å²) in [5.41, 5.74) is 0. The van der Waals surface area contributed by atoms with Crippen LogP contribution in [-0.4, -0.2) is 12.6 Å². The Labute approximate surface area is 127 Å². The topological polar surface area (TPSA) is 12.0 Å². The van der Waals surface area contributed by atoms with E-state index in [-0.39, 0.29) is 0 Å². The minimum absolute atomic E-state index is 0.820. The molecule has 0 heterocycles. The van der Waals surface area contributed by atoms with Gasteiger partial charge < -0.3 is 5.32 Å². The molecular weight excluding hydrogens is 242 g/mol. The van der Waals surface area contributed by atoms with Gasteiger partial charge in [-0.1, -0.05) is 52.4 Å². The lowest BCUT2D eigenvalue weighted by molar-refractivity contribution is 0.269. The molecule has 20 heavy (non-hydrogen) atoms. The molecule has 1 N–H and O–H groups in total. The van der Waals surface area contributed by atoms with E-state index in [0.717, 1.165) is 23.8 Å². The quantitative estimate of drug-likeness (QED) is 0.489. The second-order valence-corrected chi connectivity index (χ2v) is 7.52. The molecule has 0 aromatic rings. The molecule has 0 aliphatic heterocycles. The fraction of sp³-hybridized carbons (Fsp3) is 1.00. The summed E-state index contributed by atoms with van der Waals surface area (Å²) >= 11 is 0. The van der Waals surface area contributed by atoms with Crippen LogP contribution in [0.5, 0.6) is 0 Å². The van der Waals surface area contributed by atoms with Crippen LogP contribution >= 0.6 is 0 Å². The fourth-order valence-corrected chi connectivity index (χ4v) is 4.68. The molecular formula is C19H37N. The largest absolute Gasteiger partial charge is 0.314 e. The molecule has 0 aromatic heterocycles.